The summed E-state index contributed by atoms with van der Waals surface area (Å²) in [6.45, 7) is 3.05. The van der Waals surface area contributed by atoms with Crippen LogP contribution in [0.3, 0.4) is 0 Å². The van der Waals surface area contributed by atoms with E-state index in [1.807, 2.05) is 4.90 Å². The number of alkyl halides is 1. The molecule has 0 aromatic rings. The number of fused-ring (bicyclic) bond motifs is 2. The molecule has 6 atom stereocenters. The van der Waals surface area contributed by atoms with Gasteiger partial charge in [0.15, 0.2) is 6.10 Å². The number of piperidine rings is 4. The molecule has 0 radical (unpaired) electrons. The summed E-state index contributed by atoms with van der Waals surface area (Å²) in [6, 6.07) is 0.609. The van der Waals surface area contributed by atoms with Crippen LogP contribution in [0.1, 0.15) is 32.1 Å². The molecule has 4 fully saturated rings. The van der Waals surface area contributed by atoms with E-state index in [1.54, 1.807) is 0 Å². The average molecular weight is 357 g/mol. The van der Waals surface area contributed by atoms with Crippen LogP contribution < -0.4 is 0 Å². The van der Waals surface area contributed by atoms with E-state index in [-0.39, 0.29) is 17.8 Å². The van der Waals surface area contributed by atoms with Gasteiger partial charge in [0.05, 0.1) is 0 Å². The minimum Gasteiger partial charge on any atom is -0.458 e. The Kier molecular flexibility index (Phi) is 4.47. The van der Waals surface area contributed by atoms with Crippen LogP contribution in [0.4, 0.5) is 0 Å². The lowest BCUT2D eigenvalue weighted by atomic mass is 9.67. The fourth-order valence-electron chi connectivity index (χ4n) is 5.56. The van der Waals surface area contributed by atoms with Gasteiger partial charge in [-0.25, -0.2) is 0 Å². The van der Waals surface area contributed by atoms with Gasteiger partial charge in [-0.15, -0.1) is 11.6 Å². The minimum absolute atomic E-state index is 0.0659. The molecule has 7 heteroatoms. The van der Waals surface area contributed by atoms with Gasteiger partial charge in [-0.05, 0) is 50.6 Å². The number of aliphatic hydroxyl groups excluding tert-OH is 1. The van der Waals surface area contributed by atoms with E-state index in [0.29, 0.717) is 24.3 Å². The summed E-state index contributed by atoms with van der Waals surface area (Å²) in [6.07, 6.45) is 3.12. The molecule has 4 aliphatic rings. The molecule has 134 valence electrons. The molecule has 0 aromatic heterocycles. The smallest absolute Gasteiger partial charge is 0.321 e. The number of ether oxygens (including phenoxy) is 1. The first-order valence-electron chi connectivity index (χ1n) is 9.08. The molecule has 2 unspecified atom stereocenters. The van der Waals surface area contributed by atoms with Crippen LogP contribution in [-0.4, -0.2) is 76.6 Å². The van der Waals surface area contributed by atoms with Crippen molar-refractivity contribution in [2.24, 2.45) is 11.8 Å². The fraction of sp³-hybridized carbons (Fsp3) is 0.882. The summed E-state index contributed by atoms with van der Waals surface area (Å²) in [5.41, 5.74) is 0. The largest absolute Gasteiger partial charge is 0.458 e. The highest BCUT2D eigenvalue weighted by Gasteiger charge is 2.54. The number of amides is 1. The molecular weight excluding hydrogens is 332 g/mol. The molecule has 1 N–H and O–H groups in total. The van der Waals surface area contributed by atoms with Crippen LogP contribution >= 0.6 is 11.6 Å². The second kappa shape index (κ2) is 6.46. The molecule has 1 amide bonds. The molecule has 24 heavy (non-hydrogen) atoms. The van der Waals surface area contributed by atoms with Crippen molar-refractivity contribution in [3.63, 3.8) is 0 Å². The van der Waals surface area contributed by atoms with Crippen LogP contribution in [-0.2, 0) is 14.3 Å². The molecule has 4 rings (SSSR count). The van der Waals surface area contributed by atoms with Crippen molar-refractivity contribution < 1.29 is 19.4 Å². The van der Waals surface area contributed by atoms with E-state index in [1.165, 1.54) is 6.42 Å². The van der Waals surface area contributed by atoms with Crippen molar-refractivity contribution in [2.75, 3.05) is 25.5 Å². The van der Waals surface area contributed by atoms with E-state index in [4.69, 9.17) is 16.3 Å². The summed E-state index contributed by atoms with van der Waals surface area (Å²) in [5, 5.41) is 10.3. The Bertz CT molecular complexity index is 529. The second-order valence-corrected chi connectivity index (χ2v) is 7.90. The Labute approximate surface area is 147 Å². The quantitative estimate of drug-likeness (QED) is 0.579. The van der Waals surface area contributed by atoms with Gasteiger partial charge in [0.1, 0.15) is 12.0 Å². The van der Waals surface area contributed by atoms with Crippen LogP contribution in [0.25, 0.3) is 0 Å². The van der Waals surface area contributed by atoms with Crippen LogP contribution in [0.2, 0.25) is 0 Å². The number of esters is 1. The molecule has 6 nitrogen and oxygen atoms in total. The molecule has 0 aromatic carbocycles. The Hall–Kier alpha value is -0.850. The third-order valence-electron chi connectivity index (χ3n) is 6.43. The van der Waals surface area contributed by atoms with E-state index in [0.717, 1.165) is 38.9 Å². The van der Waals surface area contributed by atoms with Gasteiger partial charge in [-0.1, -0.05) is 0 Å². The molecule has 4 aliphatic heterocycles. The van der Waals surface area contributed by atoms with Gasteiger partial charge in [0.25, 0.3) is 5.91 Å². The number of halogens is 1. The van der Waals surface area contributed by atoms with Crippen molar-refractivity contribution in [1.29, 1.82) is 0 Å². The van der Waals surface area contributed by atoms with Crippen molar-refractivity contribution in [2.45, 2.75) is 56.4 Å². The van der Waals surface area contributed by atoms with E-state index >= 15 is 0 Å². The van der Waals surface area contributed by atoms with Crippen molar-refractivity contribution >= 4 is 23.5 Å². The van der Waals surface area contributed by atoms with Crippen molar-refractivity contribution in [1.82, 2.24) is 9.80 Å². The molecule has 0 bridgehead atoms. The number of hydrogen-bond donors (Lipinski definition) is 1. The lowest BCUT2D eigenvalue weighted by Gasteiger charge is -2.59. The zero-order valence-corrected chi connectivity index (χ0v) is 14.5. The number of aliphatic hydroxyl groups is 1. The molecule has 4 heterocycles. The van der Waals surface area contributed by atoms with E-state index in [9.17, 15) is 14.7 Å². The first-order valence-corrected chi connectivity index (χ1v) is 9.61. The fourth-order valence-corrected chi connectivity index (χ4v) is 5.62. The number of carbonyl (C=O) groups is 2. The Morgan fingerprint density at radius 3 is 2.79 bits per heavy atom. The summed E-state index contributed by atoms with van der Waals surface area (Å²) >= 11 is 5.51. The van der Waals surface area contributed by atoms with Gasteiger partial charge in [-0.3, -0.25) is 14.5 Å². The molecule has 4 saturated heterocycles. The SMILES string of the molecule is O=C(CCl)OC1C[C@@H]2[C@H]3CCCN4CCC[C@@H](CN2C(=O)C1O)[C@@H]34. The molecule has 0 aliphatic carbocycles. The lowest BCUT2D eigenvalue weighted by Crippen LogP contribution is -2.70. The Morgan fingerprint density at radius 1 is 1.29 bits per heavy atom. The maximum Gasteiger partial charge on any atom is 0.321 e. The summed E-state index contributed by atoms with van der Waals surface area (Å²) < 4.78 is 5.26. The third-order valence-corrected chi connectivity index (χ3v) is 6.64. The standard InChI is InChI=1S/C17H25ClN2O4/c18-8-14(21)24-13-7-12-11-4-2-6-19-5-1-3-10(15(11)19)9-20(12)17(23)16(13)22/h10-13,15-16,22H,1-9H2/t10-,11+,12+,13?,15-,16?/m0/s1. The number of rotatable bonds is 2. The van der Waals surface area contributed by atoms with Crippen LogP contribution in [0, 0.1) is 11.8 Å². The highest BCUT2D eigenvalue weighted by Crippen LogP contribution is 2.45. The topological polar surface area (TPSA) is 70.1 Å². The highest BCUT2D eigenvalue weighted by atomic mass is 35.5. The van der Waals surface area contributed by atoms with Crippen LogP contribution in [0.15, 0.2) is 0 Å². The summed E-state index contributed by atoms with van der Waals surface area (Å²) in [5.74, 6) is -0.170. The van der Waals surface area contributed by atoms with Crippen LogP contribution in [0.5, 0.6) is 0 Å². The van der Waals surface area contributed by atoms with Crippen molar-refractivity contribution in [3.8, 4) is 0 Å². The zero-order valence-electron chi connectivity index (χ0n) is 13.8. The van der Waals surface area contributed by atoms with Gasteiger partial charge in [0.2, 0.25) is 0 Å². The number of hydrogen-bond acceptors (Lipinski definition) is 5. The minimum atomic E-state index is -1.26. The maximum absolute atomic E-state index is 12.7. The second-order valence-electron chi connectivity index (χ2n) is 7.64. The van der Waals surface area contributed by atoms with Gasteiger partial charge in [-0.2, -0.15) is 0 Å². The molecular formula is C17H25ClN2O4. The predicted octanol–water partition coefficient (Wildman–Crippen LogP) is 0.603. The first-order chi connectivity index (χ1) is 11.6. The van der Waals surface area contributed by atoms with E-state index < -0.39 is 18.2 Å². The van der Waals surface area contributed by atoms with Gasteiger partial charge < -0.3 is 14.7 Å². The van der Waals surface area contributed by atoms with Crippen molar-refractivity contribution in [3.05, 3.63) is 0 Å². The monoisotopic (exact) mass is 356 g/mol. The number of nitrogens with zero attached hydrogens (tertiary/aromatic N) is 2. The Morgan fingerprint density at radius 2 is 2.04 bits per heavy atom. The molecule has 0 saturated carbocycles. The summed E-state index contributed by atoms with van der Waals surface area (Å²) in [7, 11) is 0. The van der Waals surface area contributed by atoms with E-state index in [2.05, 4.69) is 4.90 Å². The van der Waals surface area contributed by atoms with Gasteiger partial charge >= 0.3 is 5.97 Å². The predicted molar refractivity (Wildman–Crippen MR) is 87.5 cm³/mol. The maximum atomic E-state index is 12.7. The zero-order chi connectivity index (χ0) is 16.8. The molecule has 0 spiro atoms. The highest BCUT2D eigenvalue weighted by molar-refractivity contribution is 6.26. The first kappa shape index (κ1) is 16.6. The number of carbonyl (C=O) groups excluding carboxylic acids is 2. The van der Waals surface area contributed by atoms with Gasteiger partial charge in [0, 0.05) is 25.0 Å². The third kappa shape index (κ3) is 2.63. The lowest BCUT2D eigenvalue weighted by molar-refractivity contribution is -0.183. The average Bonchev–Trinajstić information content (AvgIpc) is 2.60. The normalized spacial score (nSPS) is 42.2. The Balaban J connectivity index is 1.59. The summed E-state index contributed by atoms with van der Waals surface area (Å²) in [4.78, 5) is 28.7.